The van der Waals surface area contributed by atoms with Gasteiger partial charge in [0, 0.05) is 42.1 Å². The second-order valence-electron chi connectivity index (χ2n) is 7.73. The number of hydrogen-bond acceptors (Lipinski definition) is 4. The predicted octanol–water partition coefficient (Wildman–Crippen LogP) is 4.27. The molecule has 7 nitrogen and oxygen atoms in total. The zero-order valence-electron chi connectivity index (χ0n) is 16.9. The molecule has 0 atom stereocenters. The van der Waals surface area contributed by atoms with Crippen molar-refractivity contribution in [1.29, 1.82) is 0 Å². The van der Waals surface area contributed by atoms with Crippen molar-refractivity contribution in [1.82, 2.24) is 14.9 Å². The van der Waals surface area contributed by atoms with Crippen molar-refractivity contribution in [3.63, 3.8) is 0 Å². The zero-order chi connectivity index (χ0) is 20.9. The average molecular weight is 394 g/mol. The summed E-state index contributed by atoms with van der Waals surface area (Å²) in [5.41, 5.74) is 1.96. The van der Waals surface area contributed by atoms with Crippen LogP contribution in [0.5, 0.6) is 0 Å². The van der Waals surface area contributed by atoms with Gasteiger partial charge in [0.1, 0.15) is 11.2 Å². The van der Waals surface area contributed by atoms with Crippen molar-refractivity contribution in [2.24, 2.45) is 0 Å². The minimum Gasteiger partial charge on any atom is -0.444 e. The third-order valence-corrected chi connectivity index (χ3v) is 4.11. The summed E-state index contributed by atoms with van der Waals surface area (Å²) in [5, 5.41) is 6.61. The highest BCUT2D eigenvalue weighted by molar-refractivity contribution is 5.91. The van der Waals surface area contributed by atoms with Crippen molar-refractivity contribution in [3.05, 3.63) is 54.9 Å². The Morgan fingerprint density at radius 2 is 1.97 bits per heavy atom. The van der Waals surface area contributed by atoms with Crippen LogP contribution in [0.3, 0.4) is 0 Å². The molecule has 0 spiro atoms. The van der Waals surface area contributed by atoms with Gasteiger partial charge in [-0.3, -0.25) is 4.79 Å². The van der Waals surface area contributed by atoms with Crippen LogP contribution in [-0.2, 0) is 9.53 Å². The Labute approximate surface area is 170 Å². The minimum absolute atomic E-state index is 0.108. The molecular weight excluding hydrogens is 368 g/mol. The summed E-state index contributed by atoms with van der Waals surface area (Å²) in [5.74, 6) is -0.108. The molecule has 3 aromatic rings. The molecule has 2 N–H and O–H groups in total. The van der Waals surface area contributed by atoms with Gasteiger partial charge in [-0.2, -0.15) is 0 Å². The second kappa shape index (κ2) is 8.77. The Bertz CT molecular complexity index is 1000. The van der Waals surface area contributed by atoms with Crippen LogP contribution < -0.4 is 10.6 Å². The molecule has 2 amide bonds. The third-order valence-electron chi connectivity index (χ3n) is 4.11. The topological polar surface area (TPSA) is 85.2 Å². The maximum absolute atomic E-state index is 12.2. The molecule has 0 aliphatic heterocycles. The van der Waals surface area contributed by atoms with Crippen LogP contribution in [0.25, 0.3) is 16.7 Å². The molecular formula is C22H26N4O3. The molecule has 0 aliphatic rings. The lowest BCUT2D eigenvalue weighted by atomic mass is 10.2. The number of carbonyl (C=O) groups excluding carboxylic acids is 2. The number of benzene rings is 1. The number of hydrogen-bond donors (Lipinski definition) is 2. The molecule has 7 heteroatoms. The fraction of sp³-hybridized carbons (Fsp3) is 0.318. The van der Waals surface area contributed by atoms with Gasteiger partial charge in [-0.05, 0) is 63.6 Å². The summed E-state index contributed by atoms with van der Waals surface area (Å²) in [4.78, 5) is 28.2. The summed E-state index contributed by atoms with van der Waals surface area (Å²) < 4.78 is 7.14. The number of alkyl carbamates (subject to hydrolysis) is 1. The predicted molar refractivity (Wildman–Crippen MR) is 113 cm³/mol. The first kappa shape index (κ1) is 20.4. The van der Waals surface area contributed by atoms with Gasteiger partial charge in [-0.15, -0.1) is 0 Å². The van der Waals surface area contributed by atoms with Gasteiger partial charge in [-0.25, -0.2) is 9.78 Å². The fourth-order valence-corrected chi connectivity index (χ4v) is 2.89. The first-order valence-corrected chi connectivity index (χ1v) is 9.61. The lowest BCUT2D eigenvalue weighted by molar-refractivity contribution is -0.116. The number of aromatic nitrogens is 2. The van der Waals surface area contributed by atoms with Crippen molar-refractivity contribution < 1.29 is 14.3 Å². The molecule has 0 saturated heterocycles. The highest BCUT2D eigenvalue weighted by Gasteiger charge is 2.15. The molecule has 2 aromatic heterocycles. The molecule has 0 fully saturated rings. The van der Waals surface area contributed by atoms with E-state index >= 15 is 0 Å². The first-order valence-electron chi connectivity index (χ1n) is 9.61. The number of ether oxygens (including phenoxy) is 1. The van der Waals surface area contributed by atoms with Crippen LogP contribution in [0.1, 0.15) is 33.6 Å². The van der Waals surface area contributed by atoms with Crippen molar-refractivity contribution >= 4 is 28.7 Å². The molecule has 1 aromatic carbocycles. The van der Waals surface area contributed by atoms with Crippen molar-refractivity contribution in [2.75, 3.05) is 11.9 Å². The molecule has 0 unspecified atom stereocenters. The van der Waals surface area contributed by atoms with E-state index in [1.54, 1.807) is 27.0 Å². The van der Waals surface area contributed by atoms with Crippen LogP contribution in [0.2, 0.25) is 0 Å². The molecule has 0 aliphatic carbocycles. The van der Waals surface area contributed by atoms with Gasteiger partial charge < -0.3 is 19.9 Å². The summed E-state index contributed by atoms with van der Waals surface area (Å²) >= 11 is 0. The van der Waals surface area contributed by atoms with Crippen molar-refractivity contribution in [2.45, 2.75) is 39.2 Å². The highest BCUT2D eigenvalue weighted by Crippen LogP contribution is 2.21. The maximum Gasteiger partial charge on any atom is 0.407 e. The second-order valence-corrected chi connectivity index (χ2v) is 7.73. The fourth-order valence-electron chi connectivity index (χ4n) is 2.89. The van der Waals surface area contributed by atoms with Crippen molar-refractivity contribution in [3.8, 4) is 5.69 Å². The molecule has 152 valence electrons. The van der Waals surface area contributed by atoms with E-state index in [0.717, 1.165) is 16.7 Å². The van der Waals surface area contributed by atoms with Gasteiger partial charge in [0.2, 0.25) is 5.91 Å². The minimum atomic E-state index is -0.535. The van der Waals surface area contributed by atoms with Gasteiger partial charge in [-0.1, -0.05) is 6.07 Å². The monoisotopic (exact) mass is 394 g/mol. The van der Waals surface area contributed by atoms with Gasteiger partial charge in [0.25, 0.3) is 0 Å². The highest BCUT2D eigenvalue weighted by atomic mass is 16.6. The van der Waals surface area contributed by atoms with E-state index in [1.165, 1.54) is 0 Å². The number of carbonyl (C=O) groups is 2. The SMILES string of the molecule is CC(C)(C)OC(=O)NCCCC(=O)Nc1cccc(-n2ccc3cccnc32)c1. The largest absolute Gasteiger partial charge is 0.444 e. The van der Waals surface area contributed by atoms with Gasteiger partial charge >= 0.3 is 6.09 Å². The van der Waals surface area contributed by atoms with Crippen LogP contribution in [0.4, 0.5) is 10.5 Å². The normalized spacial score (nSPS) is 11.3. The quantitative estimate of drug-likeness (QED) is 0.612. The summed E-state index contributed by atoms with van der Waals surface area (Å²) in [7, 11) is 0. The van der Waals surface area contributed by atoms with Crippen LogP contribution in [0, 0.1) is 0 Å². The van der Waals surface area contributed by atoms with E-state index in [9.17, 15) is 9.59 Å². The van der Waals surface area contributed by atoms with E-state index in [1.807, 2.05) is 53.2 Å². The Morgan fingerprint density at radius 1 is 1.14 bits per heavy atom. The van der Waals surface area contributed by atoms with E-state index in [-0.39, 0.29) is 5.91 Å². The van der Waals surface area contributed by atoms with E-state index < -0.39 is 11.7 Å². The molecule has 0 bridgehead atoms. The molecule has 3 rings (SSSR count). The molecule has 0 saturated carbocycles. The number of fused-ring (bicyclic) bond motifs is 1. The number of rotatable bonds is 6. The van der Waals surface area contributed by atoms with E-state index in [0.29, 0.717) is 25.1 Å². The smallest absolute Gasteiger partial charge is 0.407 e. The number of nitrogens with zero attached hydrogens (tertiary/aromatic N) is 2. The number of pyridine rings is 1. The standard InChI is InChI=1S/C22H26N4O3/c1-22(2,3)29-21(28)24-13-6-10-19(27)25-17-8-4-9-18(15-17)26-14-11-16-7-5-12-23-20(16)26/h4-5,7-9,11-12,14-15H,6,10,13H2,1-3H3,(H,24,28)(H,25,27). The van der Waals surface area contributed by atoms with Gasteiger partial charge in [0.15, 0.2) is 0 Å². The number of amides is 2. The Kier molecular flexibility index (Phi) is 6.16. The zero-order valence-corrected chi connectivity index (χ0v) is 16.9. The Hall–Kier alpha value is -3.35. The lowest BCUT2D eigenvalue weighted by Gasteiger charge is -2.19. The van der Waals surface area contributed by atoms with E-state index in [2.05, 4.69) is 15.6 Å². The number of nitrogens with one attached hydrogen (secondary N) is 2. The van der Waals surface area contributed by atoms with E-state index in [4.69, 9.17) is 4.74 Å². The third kappa shape index (κ3) is 5.81. The Balaban J connectivity index is 1.53. The lowest BCUT2D eigenvalue weighted by Crippen LogP contribution is -2.33. The Morgan fingerprint density at radius 3 is 2.76 bits per heavy atom. The first-order chi connectivity index (χ1) is 13.8. The summed E-state index contributed by atoms with van der Waals surface area (Å²) in [6, 6.07) is 13.5. The van der Waals surface area contributed by atoms with Crippen LogP contribution >= 0.6 is 0 Å². The summed E-state index contributed by atoms with van der Waals surface area (Å²) in [6.45, 7) is 5.80. The molecule has 29 heavy (non-hydrogen) atoms. The summed E-state index contributed by atoms with van der Waals surface area (Å²) in [6.07, 6.45) is 4.07. The average Bonchev–Trinajstić information content (AvgIpc) is 3.08. The van der Waals surface area contributed by atoms with Crippen LogP contribution in [0.15, 0.2) is 54.9 Å². The molecule has 2 heterocycles. The number of anilines is 1. The van der Waals surface area contributed by atoms with Gasteiger partial charge in [0.05, 0.1) is 0 Å². The molecule has 0 radical (unpaired) electrons. The maximum atomic E-state index is 12.2. The van der Waals surface area contributed by atoms with Crippen LogP contribution in [-0.4, -0.2) is 33.7 Å².